The van der Waals surface area contributed by atoms with Crippen LogP contribution in [0.25, 0.3) is 0 Å². The molecule has 0 spiro atoms. The molecule has 1 saturated carbocycles. The van der Waals surface area contributed by atoms with Gasteiger partial charge in [0.05, 0.1) is 0 Å². The van der Waals surface area contributed by atoms with Gasteiger partial charge in [0, 0.05) is 12.6 Å². The highest BCUT2D eigenvalue weighted by Crippen LogP contribution is 2.31. The Morgan fingerprint density at radius 1 is 1.05 bits per heavy atom. The highest BCUT2D eigenvalue weighted by Gasteiger charge is 2.18. The van der Waals surface area contributed by atoms with Crippen LogP contribution in [0.5, 0.6) is 11.5 Å². The molecule has 1 aliphatic carbocycles. The molecular weight excluding hydrogens is 238 g/mol. The van der Waals surface area contributed by atoms with Gasteiger partial charge < -0.3 is 14.8 Å². The molecule has 19 heavy (non-hydrogen) atoms. The van der Waals surface area contributed by atoms with Gasteiger partial charge in [0.2, 0.25) is 0 Å². The van der Waals surface area contributed by atoms with Crippen LogP contribution in [-0.4, -0.2) is 19.3 Å². The maximum Gasteiger partial charge on any atom is 0.161 e. The van der Waals surface area contributed by atoms with Gasteiger partial charge in [-0.15, -0.1) is 0 Å². The van der Waals surface area contributed by atoms with E-state index in [9.17, 15) is 0 Å². The van der Waals surface area contributed by atoms with Crippen LogP contribution in [0.1, 0.15) is 38.2 Å². The standard InChI is InChI=1S/C16H23NO2/c1-12-2-5-14(6-3-12)17-11-13-4-7-15-16(10-13)19-9-8-18-15/h4,7,10,12,14,17H,2-3,5-6,8-9,11H2,1H3. The van der Waals surface area contributed by atoms with Gasteiger partial charge in [-0.25, -0.2) is 0 Å². The van der Waals surface area contributed by atoms with E-state index < -0.39 is 0 Å². The van der Waals surface area contributed by atoms with Crippen molar-refractivity contribution in [2.75, 3.05) is 13.2 Å². The Hall–Kier alpha value is -1.22. The number of hydrogen-bond donors (Lipinski definition) is 1. The van der Waals surface area contributed by atoms with E-state index in [-0.39, 0.29) is 0 Å². The molecule has 1 aromatic rings. The second-order valence-corrected chi connectivity index (χ2v) is 5.82. The van der Waals surface area contributed by atoms with Gasteiger partial charge >= 0.3 is 0 Å². The van der Waals surface area contributed by atoms with E-state index in [1.807, 2.05) is 6.07 Å². The fourth-order valence-electron chi connectivity index (χ4n) is 2.92. The van der Waals surface area contributed by atoms with Crippen molar-refractivity contribution in [3.05, 3.63) is 23.8 Å². The van der Waals surface area contributed by atoms with Gasteiger partial charge in [0.1, 0.15) is 13.2 Å². The first-order valence-corrected chi connectivity index (χ1v) is 7.43. The molecule has 0 atom stereocenters. The van der Waals surface area contributed by atoms with Crippen LogP contribution in [0.3, 0.4) is 0 Å². The Kier molecular flexibility index (Phi) is 3.92. The summed E-state index contributed by atoms with van der Waals surface area (Å²) in [5.41, 5.74) is 1.28. The lowest BCUT2D eigenvalue weighted by atomic mass is 9.87. The molecule has 1 aromatic carbocycles. The van der Waals surface area contributed by atoms with E-state index in [0.29, 0.717) is 19.3 Å². The van der Waals surface area contributed by atoms with Crippen molar-refractivity contribution in [2.24, 2.45) is 5.92 Å². The summed E-state index contributed by atoms with van der Waals surface area (Å²) < 4.78 is 11.2. The minimum absolute atomic E-state index is 0.657. The lowest BCUT2D eigenvalue weighted by Gasteiger charge is -2.27. The van der Waals surface area contributed by atoms with Crippen molar-refractivity contribution in [1.29, 1.82) is 0 Å². The smallest absolute Gasteiger partial charge is 0.161 e. The normalized spacial score (nSPS) is 26.2. The Labute approximate surface area is 115 Å². The quantitative estimate of drug-likeness (QED) is 0.906. The summed E-state index contributed by atoms with van der Waals surface area (Å²) in [6, 6.07) is 6.94. The summed E-state index contributed by atoms with van der Waals surface area (Å²) >= 11 is 0. The minimum Gasteiger partial charge on any atom is -0.486 e. The maximum absolute atomic E-state index is 5.62. The SMILES string of the molecule is CC1CCC(NCc2ccc3c(c2)OCCO3)CC1. The summed E-state index contributed by atoms with van der Waals surface area (Å²) in [6.45, 7) is 4.60. The monoisotopic (exact) mass is 261 g/mol. The third-order valence-electron chi connectivity index (χ3n) is 4.22. The molecule has 3 heteroatoms. The van der Waals surface area contributed by atoms with Crippen molar-refractivity contribution in [3.8, 4) is 11.5 Å². The lowest BCUT2D eigenvalue weighted by molar-refractivity contribution is 0.171. The molecule has 1 heterocycles. The van der Waals surface area contributed by atoms with Gasteiger partial charge in [-0.3, -0.25) is 0 Å². The predicted molar refractivity (Wildman–Crippen MR) is 75.7 cm³/mol. The van der Waals surface area contributed by atoms with Crippen LogP contribution in [0, 0.1) is 5.92 Å². The van der Waals surface area contributed by atoms with E-state index in [0.717, 1.165) is 24.0 Å². The molecule has 0 aromatic heterocycles. The molecule has 0 unspecified atom stereocenters. The first kappa shape index (κ1) is 12.8. The van der Waals surface area contributed by atoms with E-state index in [1.54, 1.807) is 0 Å². The van der Waals surface area contributed by atoms with Gasteiger partial charge in [0.25, 0.3) is 0 Å². The van der Waals surface area contributed by atoms with Gasteiger partial charge in [-0.1, -0.05) is 13.0 Å². The largest absolute Gasteiger partial charge is 0.486 e. The summed E-state index contributed by atoms with van der Waals surface area (Å²) in [7, 11) is 0. The second kappa shape index (κ2) is 5.83. The van der Waals surface area contributed by atoms with Gasteiger partial charge in [-0.2, -0.15) is 0 Å². The highest BCUT2D eigenvalue weighted by atomic mass is 16.6. The fraction of sp³-hybridized carbons (Fsp3) is 0.625. The fourth-order valence-corrected chi connectivity index (χ4v) is 2.92. The molecule has 2 aliphatic rings. The minimum atomic E-state index is 0.657. The van der Waals surface area contributed by atoms with E-state index in [4.69, 9.17) is 9.47 Å². The molecule has 104 valence electrons. The summed E-state index contributed by atoms with van der Waals surface area (Å²) in [5.74, 6) is 2.68. The van der Waals surface area contributed by atoms with E-state index >= 15 is 0 Å². The van der Waals surface area contributed by atoms with E-state index in [1.165, 1.54) is 31.2 Å². The topological polar surface area (TPSA) is 30.5 Å². The number of nitrogens with one attached hydrogen (secondary N) is 1. The Morgan fingerprint density at radius 2 is 1.79 bits per heavy atom. The molecule has 0 amide bonds. The molecule has 3 nitrogen and oxygen atoms in total. The molecule has 3 rings (SSSR count). The zero-order chi connectivity index (χ0) is 13.1. The summed E-state index contributed by atoms with van der Waals surface area (Å²) in [4.78, 5) is 0. The van der Waals surface area contributed by atoms with Crippen LogP contribution < -0.4 is 14.8 Å². The first-order chi connectivity index (χ1) is 9.31. The molecule has 0 saturated heterocycles. The molecule has 1 aliphatic heterocycles. The highest BCUT2D eigenvalue weighted by molar-refractivity contribution is 5.43. The lowest BCUT2D eigenvalue weighted by Crippen LogP contribution is -2.32. The average molecular weight is 261 g/mol. The van der Waals surface area contributed by atoms with Gasteiger partial charge in [-0.05, 0) is 49.3 Å². The van der Waals surface area contributed by atoms with Crippen LogP contribution in [0.15, 0.2) is 18.2 Å². The van der Waals surface area contributed by atoms with Crippen molar-refractivity contribution >= 4 is 0 Å². The van der Waals surface area contributed by atoms with E-state index in [2.05, 4.69) is 24.4 Å². The number of rotatable bonds is 3. The Morgan fingerprint density at radius 3 is 2.58 bits per heavy atom. The van der Waals surface area contributed by atoms with Crippen LogP contribution in [0.2, 0.25) is 0 Å². The maximum atomic E-state index is 5.62. The summed E-state index contributed by atoms with van der Waals surface area (Å²) in [5, 5.41) is 3.67. The van der Waals surface area contributed by atoms with Crippen molar-refractivity contribution in [2.45, 2.75) is 45.2 Å². The molecule has 0 radical (unpaired) electrons. The Bertz CT molecular complexity index is 425. The van der Waals surface area contributed by atoms with Gasteiger partial charge in [0.15, 0.2) is 11.5 Å². The van der Waals surface area contributed by atoms with Crippen molar-refractivity contribution in [3.63, 3.8) is 0 Å². The second-order valence-electron chi connectivity index (χ2n) is 5.82. The molecule has 1 N–H and O–H groups in total. The number of hydrogen-bond acceptors (Lipinski definition) is 3. The molecule has 0 bridgehead atoms. The van der Waals surface area contributed by atoms with Crippen molar-refractivity contribution < 1.29 is 9.47 Å². The molecular formula is C16H23NO2. The first-order valence-electron chi connectivity index (χ1n) is 7.43. The van der Waals surface area contributed by atoms with Crippen molar-refractivity contribution in [1.82, 2.24) is 5.32 Å². The number of fused-ring (bicyclic) bond motifs is 1. The molecule has 1 fully saturated rings. The predicted octanol–water partition coefficient (Wildman–Crippen LogP) is 3.13. The third kappa shape index (κ3) is 3.21. The average Bonchev–Trinajstić information content (AvgIpc) is 2.46. The zero-order valence-corrected chi connectivity index (χ0v) is 11.7. The summed E-state index contributed by atoms with van der Waals surface area (Å²) in [6.07, 6.45) is 5.34. The number of benzene rings is 1. The van der Waals surface area contributed by atoms with Crippen LogP contribution in [0.4, 0.5) is 0 Å². The van der Waals surface area contributed by atoms with Crippen LogP contribution >= 0.6 is 0 Å². The Balaban J connectivity index is 1.55. The third-order valence-corrected chi connectivity index (χ3v) is 4.22. The zero-order valence-electron chi connectivity index (χ0n) is 11.7. The van der Waals surface area contributed by atoms with Crippen LogP contribution in [-0.2, 0) is 6.54 Å². The number of ether oxygens (including phenoxy) is 2.